The molecule has 0 spiro atoms. The first-order chi connectivity index (χ1) is 9.99. The Balaban J connectivity index is 1.95. The van der Waals surface area contributed by atoms with Gasteiger partial charge < -0.3 is 15.2 Å². The van der Waals surface area contributed by atoms with Gasteiger partial charge in [0.2, 0.25) is 5.91 Å². The fraction of sp³-hybridized carbons (Fsp3) is 0.562. The van der Waals surface area contributed by atoms with Crippen LogP contribution in [0, 0.1) is 13.8 Å². The van der Waals surface area contributed by atoms with Crippen LogP contribution in [0.4, 0.5) is 5.69 Å². The summed E-state index contributed by atoms with van der Waals surface area (Å²) in [5.74, 6) is -0.0295. The zero-order chi connectivity index (χ0) is 15.4. The maximum atomic E-state index is 12.2. The predicted octanol–water partition coefficient (Wildman–Crippen LogP) is 1.32. The lowest BCUT2D eigenvalue weighted by atomic mass is 10.1. The van der Waals surface area contributed by atoms with Gasteiger partial charge in [-0.05, 0) is 31.9 Å². The molecule has 2 atom stereocenters. The van der Waals surface area contributed by atoms with Crippen molar-refractivity contribution in [2.24, 2.45) is 0 Å². The lowest BCUT2D eigenvalue weighted by Crippen LogP contribution is -2.50. The number of rotatable bonds is 4. The number of carbonyl (C=O) groups is 1. The quantitative estimate of drug-likeness (QED) is 0.879. The van der Waals surface area contributed by atoms with E-state index in [0.717, 1.165) is 16.8 Å². The summed E-state index contributed by atoms with van der Waals surface area (Å²) in [7, 11) is 0. The molecular formula is C16H24N2O3. The Morgan fingerprint density at radius 1 is 1.38 bits per heavy atom. The molecule has 5 heteroatoms. The molecule has 1 aliphatic rings. The molecule has 2 rings (SSSR count). The normalized spacial score (nSPS) is 23.0. The van der Waals surface area contributed by atoms with E-state index in [0.29, 0.717) is 19.6 Å². The molecule has 21 heavy (non-hydrogen) atoms. The largest absolute Gasteiger partial charge is 0.394 e. The summed E-state index contributed by atoms with van der Waals surface area (Å²) in [6, 6.07) is 5.96. The fourth-order valence-corrected chi connectivity index (χ4v) is 2.76. The lowest BCUT2D eigenvalue weighted by Gasteiger charge is -2.35. The molecule has 1 amide bonds. The van der Waals surface area contributed by atoms with E-state index in [1.807, 2.05) is 43.9 Å². The number of aliphatic hydroxyl groups excluding tert-OH is 1. The summed E-state index contributed by atoms with van der Waals surface area (Å²) < 4.78 is 5.58. The summed E-state index contributed by atoms with van der Waals surface area (Å²) in [5.41, 5.74) is 3.02. The fourth-order valence-electron chi connectivity index (χ4n) is 2.76. The Morgan fingerprint density at radius 3 is 2.67 bits per heavy atom. The molecule has 5 nitrogen and oxygen atoms in total. The van der Waals surface area contributed by atoms with Crippen molar-refractivity contribution in [2.75, 3.05) is 31.6 Å². The van der Waals surface area contributed by atoms with E-state index in [1.165, 1.54) is 0 Å². The first kappa shape index (κ1) is 15.9. The minimum absolute atomic E-state index is 0.0145. The molecule has 1 aromatic carbocycles. The Bertz CT molecular complexity index is 484. The van der Waals surface area contributed by atoms with E-state index in [4.69, 9.17) is 4.74 Å². The number of hydrogen-bond acceptors (Lipinski definition) is 4. The second-order valence-electron chi connectivity index (χ2n) is 5.76. The Labute approximate surface area is 125 Å². The standard InChI is InChI=1S/C16H24N2O3/c1-11-5-4-6-12(2)16(11)17-15(20)9-18-7-13(3)21-14(8-18)10-19/h4-6,13-14,19H,7-10H2,1-3H3,(H,17,20). The van der Waals surface area contributed by atoms with Crippen molar-refractivity contribution in [3.63, 3.8) is 0 Å². The van der Waals surface area contributed by atoms with Gasteiger partial charge in [0.25, 0.3) is 0 Å². The molecule has 0 radical (unpaired) electrons. The number of morpholine rings is 1. The van der Waals surface area contributed by atoms with Crippen molar-refractivity contribution < 1.29 is 14.6 Å². The number of carbonyl (C=O) groups excluding carboxylic acids is 1. The van der Waals surface area contributed by atoms with Crippen LogP contribution in [-0.4, -0.2) is 54.4 Å². The highest BCUT2D eigenvalue weighted by molar-refractivity contribution is 5.93. The molecule has 116 valence electrons. The van der Waals surface area contributed by atoms with E-state index in [9.17, 15) is 9.90 Å². The summed E-state index contributed by atoms with van der Waals surface area (Å²) in [5, 5.41) is 12.2. The average molecular weight is 292 g/mol. The summed E-state index contributed by atoms with van der Waals surface area (Å²) in [4.78, 5) is 14.3. The number of anilines is 1. The molecule has 1 saturated heterocycles. The average Bonchev–Trinajstić information content (AvgIpc) is 2.42. The third-order valence-electron chi connectivity index (χ3n) is 3.72. The Hall–Kier alpha value is -1.43. The third-order valence-corrected chi connectivity index (χ3v) is 3.72. The molecule has 2 unspecified atom stereocenters. The van der Waals surface area contributed by atoms with Gasteiger partial charge in [-0.15, -0.1) is 0 Å². The first-order valence-electron chi connectivity index (χ1n) is 7.34. The number of hydrogen-bond donors (Lipinski definition) is 2. The first-order valence-corrected chi connectivity index (χ1v) is 7.34. The second kappa shape index (κ2) is 7.02. The topological polar surface area (TPSA) is 61.8 Å². The number of benzene rings is 1. The third kappa shape index (κ3) is 4.27. The zero-order valence-corrected chi connectivity index (χ0v) is 12.9. The number of aryl methyl sites for hydroxylation is 2. The van der Waals surface area contributed by atoms with Gasteiger partial charge in [-0.25, -0.2) is 0 Å². The van der Waals surface area contributed by atoms with Crippen molar-refractivity contribution in [3.8, 4) is 0 Å². The van der Waals surface area contributed by atoms with Gasteiger partial charge in [-0.3, -0.25) is 9.69 Å². The van der Waals surface area contributed by atoms with E-state index < -0.39 is 0 Å². The van der Waals surface area contributed by atoms with E-state index >= 15 is 0 Å². The minimum Gasteiger partial charge on any atom is -0.394 e. The molecule has 2 N–H and O–H groups in total. The van der Waals surface area contributed by atoms with Gasteiger partial charge >= 0.3 is 0 Å². The molecule has 0 aromatic heterocycles. The highest BCUT2D eigenvalue weighted by atomic mass is 16.5. The Morgan fingerprint density at radius 2 is 2.05 bits per heavy atom. The number of ether oxygens (including phenoxy) is 1. The maximum absolute atomic E-state index is 12.2. The number of nitrogens with zero attached hydrogens (tertiary/aromatic N) is 1. The highest BCUT2D eigenvalue weighted by Crippen LogP contribution is 2.19. The van der Waals surface area contributed by atoms with Crippen LogP contribution in [0.25, 0.3) is 0 Å². The van der Waals surface area contributed by atoms with E-state index in [2.05, 4.69) is 5.32 Å². The molecule has 0 bridgehead atoms. The molecule has 1 heterocycles. The summed E-state index contributed by atoms with van der Waals surface area (Å²) in [6.45, 7) is 7.52. The lowest BCUT2D eigenvalue weighted by molar-refractivity contribution is -0.124. The Kier molecular flexibility index (Phi) is 5.33. The highest BCUT2D eigenvalue weighted by Gasteiger charge is 2.26. The molecular weight excluding hydrogens is 268 g/mol. The molecule has 1 aromatic rings. The van der Waals surface area contributed by atoms with Crippen LogP contribution in [-0.2, 0) is 9.53 Å². The van der Waals surface area contributed by atoms with Crippen molar-refractivity contribution in [1.82, 2.24) is 4.90 Å². The van der Waals surface area contributed by atoms with Gasteiger partial charge in [0.15, 0.2) is 0 Å². The number of amides is 1. The molecule has 0 aliphatic carbocycles. The maximum Gasteiger partial charge on any atom is 0.238 e. The van der Waals surface area contributed by atoms with Crippen LogP contribution in [0.15, 0.2) is 18.2 Å². The van der Waals surface area contributed by atoms with E-state index in [1.54, 1.807) is 0 Å². The number of para-hydroxylation sites is 1. The molecule has 0 saturated carbocycles. The zero-order valence-electron chi connectivity index (χ0n) is 12.9. The van der Waals surface area contributed by atoms with Crippen LogP contribution in [0.5, 0.6) is 0 Å². The smallest absolute Gasteiger partial charge is 0.238 e. The molecule has 1 fully saturated rings. The SMILES string of the molecule is Cc1cccc(C)c1NC(=O)CN1CC(C)OC(CO)C1. The van der Waals surface area contributed by atoms with Crippen molar-refractivity contribution >= 4 is 11.6 Å². The number of aliphatic hydroxyl groups is 1. The molecule has 1 aliphatic heterocycles. The van der Waals surface area contributed by atoms with Gasteiger partial charge in [-0.1, -0.05) is 18.2 Å². The van der Waals surface area contributed by atoms with Gasteiger partial charge in [-0.2, -0.15) is 0 Å². The van der Waals surface area contributed by atoms with Crippen LogP contribution >= 0.6 is 0 Å². The van der Waals surface area contributed by atoms with Crippen molar-refractivity contribution in [1.29, 1.82) is 0 Å². The predicted molar refractivity (Wildman–Crippen MR) is 82.4 cm³/mol. The van der Waals surface area contributed by atoms with Crippen molar-refractivity contribution in [2.45, 2.75) is 33.0 Å². The number of nitrogens with one attached hydrogen (secondary N) is 1. The van der Waals surface area contributed by atoms with E-state index in [-0.39, 0.29) is 24.7 Å². The monoisotopic (exact) mass is 292 g/mol. The summed E-state index contributed by atoms with van der Waals surface area (Å²) >= 11 is 0. The van der Waals surface area contributed by atoms with Gasteiger partial charge in [0, 0.05) is 18.8 Å². The van der Waals surface area contributed by atoms with Crippen molar-refractivity contribution in [3.05, 3.63) is 29.3 Å². The second-order valence-corrected chi connectivity index (χ2v) is 5.76. The van der Waals surface area contributed by atoms with Crippen LogP contribution in [0.3, 0.4) is 0 Å². The van der Waals surface area contributed by atoms with Crippen LogP contribution in [0.2, 0.25) is 0 Å². The van der Waals surface area contributed by atoms with Crippen LogP contribution in [0.1, 0.15) is 18.1 Å². The van der Waals surface area contributed by atoms with Gasteiger partial charge in [0.05, 0.1) is 25.4 Å². The minimum atomic E-state index is -0.207. The summed E-state index contributed by atoms with van der Waals surface area (Å²) in [6.07, 6.45) is -0.175. The van der Waals surface area contributed by atoms with Gasteiger partial charge in [0.1, 0.15) is 0 Å². The van der Waals surface area contributed by atoms with Crippen LogP contribution < -0.4 is 5.32 Å².